The van der Waals surface area contributed by atoms with Gasteiger partial charge in [-0.1, -0.05) is 53.6 Å². The number of nitrogens with zero attached hydrogens (tertiary/aromatic N) is 1. The molecule has 1 aliphatic rings. The molecule has 30 heavy (non-hydrogen) atoms. The van der Waals surface area contributed by atoms with Crippen molar-refractivity contribution in [1.82, 2.24) is 0 Å². The van der Waals surface area contributed by atoms with Crippen molar-refractivity contribution in [3.05, 3.63) is 106 Å². The third-order valence-electron chi connectivity index (χ3n) is 4.59. The van der Waals surface area contributed by atoms with E-state index in [2.05, 4.69) is 4.99 Å². The van der Waals surface area contributed by atoms with E-state index in [-0.39, 0.29) is 11.6 Å². The molecule has 5 heteroatoms. The summed E-state index contributed by atoms with van der Waals surface area (Å²) in [6.07, 6.45) is 1.56. The minimum Gasteiger partial charge on any atom is -0.422 e. The van der Waals surface area contributed by atoms with Gasteiger partial charge in [-0.15, -0.1) is 0 Å². The van der Waals surface area contributed by atoms with Crippen molar-refractivity contribution in [1.29, 1.82) is 0 Å². The van der Waals surface area contributed by atoms with E-state index in [0.29, 0.717) is 16.9 Å². The first-order valence-corrected chi connectivity index (χ1v) is 9.47. The van der Waals surface area contributed by atoms with Crippen LogP contribution < -0.4 is 4.74 Å². The number of carbonyl (C=O) groups is 2. The molecule has 0 fully saturated rings. The number of aliphatic imine (C=N–C) groups is 1. The fraction of sp³-hybridized carbons (Fsp3) is 0.0800. The Morgan fingerprint density at radius 2 is 1.70 bits per heavy atom. The van der Waals surface area contributed by atoms with Gasteiger partial charge in [-0.05, 0) is 50.3 Å². The highest BCUT2D eigenvalue weighted by molar-refractivity contribution is 6.13. The highest BCUT2D eigenvalue weighted by Crippen LogP contribution is 2.25. The van der Waals surface area contributed by atoms with E-state index in [1.807, 2.05) is 44.2 Å². The molecule has 0 unspecified atom stereocenters. The number of benzene rings is 3. The maximum atomic E-state index is 12.5. The molecular weight excluding hydrogens is 378 g/mol. The number of rotatable bonds is 4. The van der Waals surface area contributed by atoms with E-state index < -0.39 is 11.9 Å². The van der Waals surface area contributed by atoms with Gasteiger partial charge in [-0.2, -0.15) is 0 Å². The Bertz CT molecular complexity index is 1190. The molecule has 0 amide bonds. The summed E-state index contributed by atoms with van der Waals surface area (Å²) >= 11 is 0. The molecule has 0 saturated carbocycles. The molecule has 0 aromatic heterocycles. The topological polar surface area (TPSA) is 65.0 Å². The number of aryl methyl sites for hydroxylation is 2. The normalized spacial score (nSPS) is 14.4. The standard InChI is InChI=1S/C25H19NO4/c1-16-10-12-18(13-11-16)23-26-21(25(28)30-23)15-19-7-3-4-9-22(19)29-24(27)20-8-5-6-17(2)14-20/h3-15H,1-2H3. The van der Waals surface area contributed by atoms with Crippen LogP contribution in [0.1, 0.15) is 32.6 Å². The molecule has 0 aliphatic carbocycles. The van der Waals surface area contributed by atoms with Gasteiger partial charge in [-0.3, -0.25) is 0 Å². The molecular formula is C25H19NO4. The van der Waals surface area contributed by atoms with E-state index in [4.69, 9.17) is 9.47 Å². The number of esters is 2. The van der Waals surface area contributed by atoms with Crippen LogP contribution in [0.2, 0.25) is 0 Å². The highest BCUT2D eigenvalue weighted by atomic mass is 16.6. The van der Waals surface area contributed by atoms with Crippen LogP contribution in [0.5, 0.6) is 5.75 Å². The number of carbonyl (C=O) groups excluding carboxylic acids is 2. The Hall–Kier alpha value is -3.99. The lowest BCUT2D eigenvalue weighted by atomic mass is 10.1. The summed E-state index contributed by atoms with van der Waals surface area (Å²) in [4.78, 5) is 29.2. The SMILES string of the molecule is Cc1ccc(C2=NC(=Cc3ccccc3OC(=O)c3cccc(C)c3)C(=O)O2)cc1. The second kappa shape index (κ2) is 8.17. The van der Waals surface area contributed by atoms with Crippen molar-refractivity contribution in [3.63, 3.8) is 0 Å². The summed E-state index contributed by atoms with van der Waals surface area (Å²) in [7, 11) is 0. The van der Waals surface area contributed by atoms with Crippen LogP contribution in [0.3, 0.4) is 0 Å². The van der Waals surface area contributed by atoms with Crippen molar-refractivity contribution in [2.75, 3.05) is 0 Å². The Morgan fingerprint density at radius 1 is 0.933 bits per heavy atom. The first-order chi connectivity index (χ1) is 14.5. The number of hydrogen-bond acceptors (Lipinski definition) is 5. The Balaban J connectivity index is 1.62. The highest BCUT2D eigenvalue weighted by Gasteiger charge is 2.24. The first kappa shape index (κ1) is 19.3. The summed E-state index contributed by atoms with van der Waals surface area (Å²) in [5.74, 6) is -0.434. The second-order valence-electron chi connectivity index (χ2n) is 7.00. The second-order valence-corrected chi connectivity index (χ2v) is 7.00. The van der Waals surface area contributed by atoms with E-state index in [1.165, 1.54) is 0 Å². The summed E-state index contributed by atoms with van der Waals surface area (Å²) in [6.45, 7) is 3.89. The summed E-state index contributed by atoms with van der Waals surface area (Å²) in [5, 5.41) is 0. The van der Waals surface area contributed by atoms with Crippen LogP contribution in [0.4, 0.5) is 0 Å². The van der Waals surface area contributed by atoms with E-state index in [0.717, 1.165) is 16.7 Å². The van der Waals surface area contributed by atoms with Gasteiger partial charge in [0.1, 0.15) is 5.75 Å². The van der Waals surface area contributed by atoms with Crippen LogP contribution in [0.25, 0.3) is 6.08 Å². The maximum Gasteiger partial charge on any atom is 0.363 e. The lowest BCUT2D eigenvalue weighted by Crippen LogP contribution is -2.09. The van der Waals surface area contributed by atoms with E-state index in [9.17, 15) is 9.59 Å². The summed E-state index contributed by atoms with van der Waals surface area (Å²) in [6, 6.07) is 21.7. The molecule has 0 spiro atoms. The molecule has 1 aliphatic heterocycles. The van der Waals surface area contributed by atoms with Gasteiger partial charge in [0.15, 0.2) is 5.70 Å². The van der Waals surface area contributed by atoms with Crippen molar-refractivity contribution < 1.29 is 19.1 Å². The molecule has 3 aromatic rings. The quantitative estimate of drug-likeness (QED) is 0.358. The van der Waals surface area contributed by atoms with Gasteiger partial charge in [0.2, 0.25) is 5.90 Å². The largest absolute Gasteiger partial charge is 0.422 e. The lowest BCUT2D eigenvalue weighted by molar-refractivity contribution is -0.129. The van der Waals surface area contributed by atoms with Crippen LogP contribution in [0, 0.1) is 13.8 Å². The van der Waals surface area contributed by atoms with Crippen molar-refractivity contribution in [2.24, 2.45) is 4.99 Å². The van der Waals surface area contributed by atoms with Crippen molar-refractivity contribution in [3.8, 4) is 5.75 Å². The fourth-order valence-electron chi connectivity index (χ4n) is 3.00. The zero-order chi connectivity index (χ0) is 21.1. The zero-order valence-electron chi connectivity index (χ0n) is 16.6. The number of cyclic esters (lactones) is 1. The predicted molar refractivity (Wildman–Crippen MR) is 114 cm³/mol. The predicted octanol–water partition coefficient (Wildman–Crippen LogP) is 4.87. The van der Waals surface area contributed by atoms with E-state index in [1.54, 1.807) is 48.5 Å². The number of hydrogen-bond donors (Lipinski definition) is 0. The van der Waals surface area contributed by atoms with Gasteiger partial charge in [0.05, 0.1) is 5.56 Å². The summed E-state index contributed by atoms with van der Waals surface area (Å²) < 4.78 is 10.9. The van der Waals surface area contributed by atoms with Gasteiger partial charge >= 0.3 is 11.9 Å². The minimum atomic E-state index is -0.551. The Labute approximate surface area is 174 Å². The molecule has 3 aromatic carbocycles. The van der Waals surface area contributed by atoms with Crippen molar-refractivity contribution >= 4 is 23.9 Å². The molecule has 0 radical (unpaired) electrons. The number of para-hydroxylation sites is 1. The zero-order valence-corrected chi connectivity index (χ0v) is 16.6. The Morgan fingerprint density at radius 3 is 2.47 bits per heavy atom. The summed E-state index contributed by atoms with van der Waals surface area (Å²) in [5.41, 5.74) is 3.94. The van der Waals surface area contributed by atoms with Crippen molar-refractivity contribution in [2.45, 2.75) is 13.8 Å². The van der Waals surface area contributed by atoms with Gasteiger partial charge < -0.3 is 9.47 Å². The average Bonchev–Trinajstić information content (AvgIpc) is 3.10. The fourth-order valence-corrected chi connectivity index (χ4v) is 3.00. The van der Waals surface area contributed by atoms with Gasteiger partial charge in [0.25, 0.3) is 0 Å². The smallest absolute Gasteiger partial charge is 0.363 e. The van der Waals surface area contributed by atoms with Gasteiger partial charge in [-0.25, -0.2) is 14.6 Å². The molecule has 1 heterocycles. The molecule has 148 valence electrons. The monoisotopic (exact) mass is 397 g/mol. The molecule has 4 rings (SSSR count). The maximum absolute atomic E-state index is 12.5. The average molecular weight is 397 g/mol. The minimum absolute atomic E-state index is 0.143. The number of ether oxygens (including phenoxy) is 2. The third kappa shape index (κ3) is 4.20. The lowest BCUT2D eigenvalue weighted by Gasteiger charge is -2.08. The molecule has 0 saturated heterocycles. The van der Waals surface area contributed by atoms with Gasteiger partial charge in [0, 0.05) is 11.1 Å². The molecule has 5 nitrogen and oxygen atoms in total. The molecule has 0 atom stereocenters. The molecule has 0 N–H and O–H groups in total. The van der Waals surface area contributed by atoms with Crippen LogP contribution in [0.15, 0.2) is 83.5 Å². The third-order valence-corrected chi connectivity index (χ3v) is 4.59. The Kier molecular flexibility index (Phi) is 5.26. The van der Waals surface area contributed by atoms with Crippen LogP contribution in [-0.4, -0.2) is 17.8 Å². The van der Waals surface area contributed by atoms with E-state index >= 15 is 0 Å². The van der Waals surface area contributed by atoms with Crippen LogP contribution >= 0.6 is 0 Å². The van der Waals surface area contributed by atoms with Crippen LogP contribution in [-0.2, 0) is 9.53 Å². The molecule has 0 bridgehead atoms. The first-order valence-electron chi connectivity index (χ1n) is 9.47.